The SMILES string of the molecule is Cn1nnc(-c2ccc(NC(=O)C(=O)NCCCNc3ccccc3)cc2)n1. The summed E-state index contributed by atoms with van der Waals surface area (Å²) in [6.07, 6.45) is 0.702. The summed E-state index contributed by atoms with van der Waals surface area (Å²) in [4.78, 5) is 25.2. The second-order valence-corrected chi connectivity index (χ2v) is 6.04. The molecule has 144 valence electrons. The molecule has 9 heteroatoms. The molecule has 0 unspecified atom stereocenters. The van der Waals surface area contributed by atoms with Crippen molar-refractivity contribution in [3.63, 3.8) is 0 Å². The number of hydrogen-bond acceptors (Lipinski definition) is 6. The molecule has 0 spiro atoms. The van der Waals surface area contributed by atoms with Crippen molar-refractivity contribution in [3.05, 3.63) is 54.6 Å². The summed E-state index contributed by atoms with van der Waals surface area (Å²) in [5.74, 6) is -0.886. The van der Waals surface area contributed by atoms with Crippen LogP contribution in [0, 0.1) is 0 Å². The molecular formula is C19H21N7O2. The lowest BCUT2D eigenvalue weighted by Gasteiger charge is -2.08. The molecule has 0 fully saturated rings. The first-order valence-corrected chi connectivity index (χ1v) is 8.84. The van der Waals surface area contributed by atoms with Crippen LogP contribution in [0.1, 0.15) is 6.42 Å². The van der Waals surface area contributed by atoms with E-state index in [1.54, 1.807) is 31.3 Å². The zero-order valence-electron chi connectivity index (χ0n) is 15.4. The zero-order valence-corrected chi connectivity index (χ0v) is 15.4. The number of nitrogens with zero attached hydrogens (tertiary/aromatic N) is 4. The number of para-hydroxylation sites is 1. The van der Waals surface area contributed by atoms with Crippen molar-refractivity contribution < 1.29 is 9.59 Å². The van der Waals surface area contributed by atoms with Crippen LogP contribution in [0.5, 0.6) is 0 Å². The van der Waals surface area contributed by atoms with Gasteiger partial charge in [0, 0.05) is 30.0 Å². The monoisotopic (exact) mass is 379 g/mol. The molecule has 0 bridgehead atoms. The number of aryl methyl sites for hydroxylation is 1. The van der Waals surface area contributed by atoms with Crippen molar-refractivity contribution in [3.8, 4) is 11.4 Å². The van der Waals surface area contributed by atoms with Crippen molar-refractivity contribution in [1.29, 1.82) is 0 Å². The quantitative estimate of drug-likeness (QED) is 0.423. The van der Waals surface area contributed by atoms with E-state index in [1.165, 1.54) is 4.80 Å². The molecule has 2 amide bonds. The Balaban J connectivity index is 1.39. The average molecular weight is 379 g/mol. The van der Waals surface area contributed by atoms with Gasteiger partial charge < -0.3 is 16.0 Å². The number of amides is 2. The van der Waals surface area contributed by atoms with E-state index >= 15 is 0 Å². The lowest BCUT2D eigenvalue weighted by atomic mass is 10.2. The molecule has 0 aliphatic carbocycles. The van der Waals surface area contributed by atoms with Crippen LogP contribution in [0.3, 0.4) is 0 Å². The largest absolute Gasteiger partial charge is 0.385 e. The predicted octanol–water partition coefficient (Wildman–Crippen LogP) is 1.43. The second kappa shape index (κ2) is 9.26. The molecule has 0 radical (unpaired) electrons. The number of aromatic nitrogens is 4. The van der Waals surface area contributed by atoms with Gasteiger partial charge in [-0.3, -0.25) is 9.59 Å². The Morgan fingerprint density at radius 3 is 2.36 bits per heavy atom. The van der Waals surface area contributed by atoms with Crippen LogP contribution in [-0.2, 0) is 16.6 Å². The van der Waals surface area contributed by atoms with Gasteiger partial charge in [-0.05, 0) is 48.0 Å². The first-order chi connectivity index (χ1) is 13.6. The smallest absolute Gasteiger partial charge is 0.313 e. The van der Waals surface area contributed by atoms with E-state index in [0.717, 1.165) is 11.3 Å². The fraction of sp³-hybridized carbons (Fsp3) is 0.211. The van der Waals surface area contributed by atoms with E-state index in [2.05, 4.69) is 31.4 Å². The molecule has 3 N–H and O–H groups in total. The minimum Gasteiger partial charge on any atom is -0.385 e. The van der Waals surface area contributed by atoms with Crippen LogP contribution in [0.4, 0.5) is 11.4 Å². The normalized spacial score (nSPS) is 10.3. The van der Waals surface area contributed by atoms with Gasteiger partial charge in [0.2, 0.25) is 5.82 Å². The molecule has 0 saturated carbocycles. The molecule has 0 aliphatic rings. The zero-order chi connectivity index (χ0) is 19.8. The number of tetrazole rings is 1. The fourth-order valence-electron chi connectivity index (χ4n) is 2.45. The van der Waals surface area contributed by atoms with Gasteiger partial charge in [-0.1, -0.05) is 18.2 Å². The summed E-state index contributed by atoms with van der Waals surface area (Å²) in [5.41, 5.74) is 2.30. The lowest BCUT2D eigenvalue weighted by Crippen LogP contribution is -2.36. The first kappa shape index (κ1) is 19.0. The number of nitrogens with one attached hydrogen (secondary N) is 3. The third-order valence-corrected chi connectivity index (χ3v) is 3.86. The molecule has 1 heterocycles. The molecule has 0 aliphatic heterocycles. The Bertz CT molecular complexity index is 923. The highest BCUT2D eigenvalue weighted by Crippen LogP contribution is 2.16. The Kier molecular flexibility index (Phi) is 6.29. The number of benzene rings is 2. The van der Waals surface area contributed by atoms with Crippen LogP contribution in [0.2, 0.25) is 0 Å². The van der Waals surface area contributed by atoms with E-state index in [9.17, 15) is 9.59 Å². The van der Waals surface area contributed by atoms with Gasteiger partial charge in [0.1, 0.15) is 0 Å². The summed E-state index contributed by atoms with van der Waals surface area (Å²) in [6, 6.07) is 16.6. The molecule has 3 rings (SSSR count). The van der Waals surface area contributed by atoms with Gasteiger partial charge in [0.15, 0.2) is 0 Å². The summed E-state index contributed by atoms with van der Waals surface area (Å²) in [6.45, 7) is 1.10. The Morgan fingerprint density at radius 2 is 1.68 bits per heavy atom. The van der Waals surface area contributed by atoms with Gasteiger partial charge in [0.25, 0.3) is 0 Å². The maximum atomic E-state index is 12.0. The Labute approximate surface area is 162 Å². The molecule has 0 atom stereocenters. The third kappa shape index (κ3) is 5.37. The van der Waals surface area contributed by atoms with Crippen LogP contribution in [0.25, 0.3) is 11.4 Å². The number of anilines is 2. The maximum absolute atomic E-state index is 12.0. The van der Waals surface area contributed by atoms with E-state index in [1.807, 2.05) is 30.3 Å². The number of rotatable bonds is 7. The molecule has 0 saturated heterocycles. The van der Waals surface area contributed by atoms with Gasteiger partial charge in [-0.2, -0.15) is 4.80 Å². The van der Waals surface area contributed by atoms with Crippen molar-refractivity contribution >= 4 is 23.2 Å². The topological polar surface area (TPSA) is 114 Å². The Hall–Kier alpha value is -3.75. The molecule has 9 nitrogen and oxygen atoms in total. The first-order valence-electron chi connectivity index (χ1n) is 8.84. The summed E-state index contributed by atoms with van der Waals surface area (Å²) in [5, 5.41) is 20.2. The maximum Gasteiger partial charge on any atom is 0.313 e. The minimum absolute atomic E-state index is 0.406. The lowest BCUT2D eigenvalue weighted by molar-refractivity contribution is -0.136. The van der Waals surface area contributed by atoms with Crippen LogP contribution >= 0.6 is 0 Å². The van der Waals surface area contributed by atoms with Crippen LogP contribution in [-0.4, -0.2) is 45.1 Å². The van der Waals surface area contributed by atoms with Crippen LogP contribution < -0.4 is 16.0 Å². The fourth-order valence-corrected chi connectivity index (χ4v) is 2.45. The summed E-state index contributed by atoms with van der Waals surface area (Å²) >= 11 is 0. The number of hydrogen-bond donors (Lipinski definition) is 3. The van der Waals surface area contributed by atoms with E-state index in [-0.39, 0.29) is 0 Å². The highest BCUT2D eigenvalue weighted by atomic mass is 16.2. The van der Waals surface area contributed by atoms with Crippen molar-refractivity contribution in [2.75, 3.05) is 23.7 Å². The highest BCUT2D eigenvalue weighted by molar-refractivity contribution is 6.39. The molecule has 1 aromatic heterocycles. The van der Waals surface area contributed by atoms with Crippen molar-refractivity contribution in [1.82, 2.24) is 25.5 Å². The van der Waals surface area contributed by atoms with E-state index in [4.69, 9.17) is 0 Å². The Morgan fingerprint density at radius 1 is 0.929 bits per heavy atom. The van der Waals surface area contributed by atoms with E-state index in [0.29, 0.717) is 31.0 Å². The van der Waals surface area contributed by atoms with Gasteiger partial charge >= 0.3 is 11.8 Å². The molecule has 2 aromatic carbocycles. The van der Waals surface area contributed by atoms with Crippen LogP contribution in [0.15, 0.2) is 54.6 Å². The standard InChI is InChI=1S/C19H21N7O2/c1-26-24-17(23-25-26)14-8-10-16(11-9-14)22-19(28)18(27)21-13-5-12-20-15-6-3-2-4-7-15/h2-4,6-11,20H,5,12-13H2,1H3,(H,21,27)(H,22,28). The number of carbonyl (C=O) groups excluding carboxylic acids is 2. The minimum atomic E-state index is -0.707. The van der Waals surface area contributed by atoms with Crippen molar-refractivity contribution in [2.24, 2.45) is 7.05 Å². The third-order valence-electron chi connectivity index (χ3n) is 3.86. The van der Waals surface area contributed by atoms with Gasteiger partial charge in [-0.25, -0.2) is 0 Å². The highest BCUT2D eigenvalue weighted by Gasteiger charge is 2.13. The van der Waals surface area contributed by atoms with Crippen molar-refractivity contribution in [2.45, 2.75) is 6.42 Å². The molecule has 3 aromatic rings. The average Bonchev–Trinajstić information content (AvgIpc) is 3.15. The molecule has 28 heavy (non-hydrogen) atoms. The predicted molar refractivity (Wildman–Crippen MR) is 105 cm³/mol. The van der Waals surface area contributed by atoms with Gasteiger partial charge in [0.05, 0.1) is 7.05 Å². The number of carbonyl (C=O) groups is 2. The summed E-state index contributed by atoms with van der Waals surface area (Å²) in [7, 11) is 1.68. The second-order valence-electron chi connectivity index (χ2n) is 6.04. The summed E-state index contributed by atoms with van der Waals surface area (Å²) < 4.78 is 0. The van der Waals surface area contributed by atoms with E-state index < -0.39 is 11.8 Å². The molecular weight excluding hydrogens is 358 g/mol. The van der Waals surface area contributed by atoms with Gasteiger partial charge in [-0.15, -0.1) is 10.2 Å².